The summed E-state index contributed by atoms with van der Waals surface area (Å²) >= 11 is 0. The Balaban J connectivity index is 2.26. The molecule has 0 saturated heterocycles. The van der Waals surface area contributed by atoms with E-state index in [0.29, 0.717) is 12.4 Å². The van der Waals surface area contributed by atoms with E-state index in [-0.39, 0.29) is 11.5 Å². The molecule has 0 radical (unpaired) electrons. The fourth-order valence-electron chi connectivity index (χ4n) is 1.44. The maximum Gasteiger partial charge on any atom is 0.183 e. The molecule has 5 heteroatoms. The number of rotatable bonds is 3. The molecule has 2 rings (SSSR count). The van der Waals surface area contributed by atoms with Crippen molar-refractivity contribution in [3.05, 3.63) is 41.6 Å². The van der Waals surface area contributed by atoms with Crippen LogP contribution >= 0.6 is 0 Å². The molecule has 1 aromatic heterocycles. The molecule has 0 unspecified atom stereocenters. The molecular weight excluding hydrogens is 204 g/mol. The fraction of sp³-hybridized carbons (Fsp3) is 0.182. The van der Waals surface area contributed by atoms with Gasteiger partial charge < -0.3 is 5.73 Å². The van der Waals surface area contributed by atoms with Crippen molar-refractivity contribution in [2.75, 3.05) is 5.73 Å². The van der Waals surface area contributed by atoms with E-state index < -0.39 is 0 Å². The van der Waals surface area contributed by atoms with E-state index in [9.17, 15) is 4.79 Å². The van der Waals surface area contributed by atoms with Gasteiger partial charge in [0.15, 0.2) is 17.3 Å². The zero-order valence-electron chi connectivity index (χ0n) is 8.92. The smallest absolute Gasteiger partial charge is 0.183 e. The van der Waals surface area contributed by atoms with Crippen molar-refractivity contribution in [3.8, 4) is 0 Å². The maximum absolute atomic E-state index is 11.1. The van der Waals surface area contributed by atoms with Gasteiger partial charge in [-0.05, 0) is 5.56 Å². The third-order valence-corrected chi connectivity index (χ3v) is 2.28. The van der Waals surface area contributed by atoms with Crippen LogP contribution in [0.1, 0.15) is 23.0 Å². The molecule has 0 amide bonds. The van der Waals surface area contributed by atoms with Gasteiger partial charge in [0.05, 0.1) is 6.54 Å². The number of anilines is 1. The van der Waals surface area contributed by atoms with Crippen molar-refractivity contribution in [2.24, 2.45) is 0 Å². The van der Waals surface area contributed by atoms with Gasteiger partial charge in [0.1, 0.15) is 0 Å². The lowest BCUT2D eigenvalue weighted by molar-refractivity contribution is 0.101. The van der Waals surface area contributed by atoms with Gasteiger partial charge in [-0.1, -0.05) is 35.5 Å². The highest BCUT2D eigenvalue weighted by molar-refractivity contribution is 5.96. The summed E-state index contributed by atoms with van der Waals surface area (Å²) in [6, 6.07) is 9.75. The van der Waals surface area contributed by atoms with Gasteiger partial charge in [0, 0.05) is 6.92 Å². The van der Waals surface area contributed by atoms with Crippen LogP contribution in [-0.4, -0.2) is 20.8 Å². The largest absolute Gasteiger partial charge is 0.382 e. The molecule has 0 fully saturated rings. The molecule has 0 aliphatic carbocycles. The highest BCUT2D eigenvalue weighted by atomic mass is 16.1. The number of ketones is 1. The molecular formula is C11H12N4O. The molecule has 1 heterocycles. The van der Waals surface area contributed by atoms with E-state index in [0.717, 1.165) is 5.56 Å². The van der Waals surface area contributed by atoms with E-state index >= 15 is 0 Å². The van der Waals surface area contributed by atoms with Gasteiger partial charge in [0.2, 0.25) is 0 Å². The summed E-state index contributed by atoms with van der Waals surface area (Å²) in [6.45, 7) is 1.94. The first-order valence-electron chi connectivity index (χ1n) is 4.92. The number of nitrogens with zero attached hydrogens (tertiary/aromatic N) is 3. The zero-order chi connectivity index (χ0) is 11.5. The molecule has 2 aromatic rings. The van der Waals surface area contributed by atoms with Crippen LogP contribution in [0.3, 0.4) is 0 Å². The Bertz CT molecular complexity index is 504. The minimum absolute atomic E-state index is 0.170. The number of hydrogen-bond donors (Lipinski definition) is 1. The molecule has 5 nitrogen and oxygen atoms in total. The second-order valence-electron chi connectivity index (χ2n) is 3.52. The van der Waals surface area contributed by atoms with Crippen molar-refractivity contribution in [1.29, 1.82) is 0 Å². The van der Waals surface area contributed by atoms with Gasteiger partial charge >= 0.3 is 0 Å². The predicted molar refractivity (Wildman–Crippen MR) is 60.0 cm³/mol. The standard InChI is InChI=1S/C11H12N4O/c1-8(16)10-11(12)15(14-13-10)7-9-5-3-2-4-6-9/h2-6H,7,12H2,1H3. The number of hydrogen-bond acceptors (Lipinski definition) is 4. The Morgan fingerprint density at radius 1 is 1.38 bits per heavy atom. The van der Waals surface area contributed by atoms with Gasteiger partial charge in [-0.15, -0.1) is 5.10 Å². The molecule has 1 aromatic carbocycles. The van der Waals surface area contributed by atoms with Crippen LogP contribution in [0, 0.1) is 0 Å². The zero-order valence-corrected chi connectivity index (χ0v) is 8.92. The Labute approximate surface area is 92.9 Å². The minimum Gasteiger partial charge on any atom is -0.382 e. The molecule has 0 bridgehead atoms. The first-order chi connectivity index (χ1) is 7.68. The first kappa shape index (κ1) is 10.4. The quantitative estimate of drug-likeness (QED) is 0.780. The summed E-state index contributed by atoms with van der Waals surface area (Å²) in [6.07, 6.45) is 0. The third-order valence-electron chi connectivity index (χ3n) is 2.28. The number of Topliss-reactive ketones (excluding diaryl/α,β-unsaturated/α-hetero) is 1. The van der Waals surface area contributed by atoms with Crippen LogP contribution < -0.4 is 5.73 Å². The van der Waals surface area contributed by atoms with Crippen molar-refractivity contribution >= 4 is 11.6 Å². The number of nitrogen functional groups attached to an aromatic ring is 1. The van der Waals surface area contributed by atoms with Crippen LogP contribution in [0.5, 0.6) is 0 Å². The first-order valence-corrected chi connectivity index (χ1v) is 4.92. The summed E-state index contributed by atoms with van der Waals surface area (Å²) < 4.78 is 1.52. The SMILES string of the molecule is CC(=O)c1nnn(Cc2ccccc2)c1N. The summed E-state index contributed by atoms with van der Waals surface area (Å²) in [7, 11) is 0. The number of aromatic nitrogens is 3. The molecule has 0 saturated carbocycles. The topological polar surface area (TPSA) is 73.8 Å². The summed E-state index contributed by atoms with van der Waals surface area (Å²) in [5.41, 5.74) is 7.07. The number of nitrogens with two attached hydrogens (primary N) is 1. The third kappa shape index (κ3) is 1.93. The Morgan fingerprint density at radius 2 is 2.06 bits per heavy atom. The van der Waals surface area contributed by atoms with Crippen molar-refractivity contribution in [2.45, 2.75) is 13.5 Å². The van der Waals surface area contributed by atoms with Crippen LogP contribution in [0.25, 0.3) is 0 Å². The molecule has 16 heavy (non-hydrogen) atoms. The number of benzene rings is 1. The van der Waals surface area contributed by atoms with E-state index in [1.165, 1.54) is 11.6 Å². The lowest BCUT2D eigenvalue weighted by Crippen LogP contribution is -2.07. The normalized spacial score (nSPS) is 10.3. The lowest BCUT2D eigenvalue weighted by Gasteiger charge is -2.02. The Hall–Kier alpha value is -2.17. The van der Waals surface area contributed by atoms with Crippen molar-refractivity contribution in [3.63, 3.8) is 0 Å². The Kier molecular flexibility index (Phi) is 2.68. The summed E-state index contributed by atoms with van der Waals surface area (Å²) in [4.78, 5) is 11.1. The average molecular weight is 216 g/mol. The minimum atomic E-state index is -0.170. The van der Waals surface area contributed by atoms with Gasteiger partial charge in [-0.3, -0.25) is 4.79 Å². The molecule has 2 N–H and O–H groups in total. The molecule has 0 aliphatic heterocycles. The second kappa shape index (κ2) is 4.14. The van der Waals surface area contributed by atoms with E-state index in [4.69, 9.17) is 5.73 Å². The van der Waals surface area contributed by atoms with Crippen LogP contribution in [0.2, 0.25) is 0 Å². The van der Waals surface area contributed by atoms with Crippen LogP contribution in [-0.2, 0) is 6.54 Å². The van der Waals surface area contributed by atoms with Crippen molar-refractivity contribution in [1.82, 2.24) is 15.0 Å². The van der Waals surface area contributed by atoms with Crippen LogP contribution in [0.4, 0.5) is 5.82 Å². The maximum atomic E-state index is 11.1. The van der Waals surface area contributed by atoms with E-state index in [2.05, 4.69) is 10.3 Å². The van der Waals surface area contributed by atoms with E-state index in [1.54, 1.807) is 0 Å². The molecule has 0 atom stereocenters. The second-order valence-corrected chi connectivity index (χ2v) is 3.52. The summed E-state index contributed by atoms with van der Waals surface area (Å²) in [5, 5.41) is 7.60. The highest BCUT2D eigenvalue weighted by Crippen LogP contribution is 2.10. The number of carbonyl (C=O) groups excluding carboxylic acids is 1. The molecule has 0 aliphatic rings. The van der Waals surface area contributed by atoms with Crippen LogP contribution in [0.15, 0.2) is 30.3 Å². The predicted octanol–water partition coefficient (Wildman–Crippen LogP) is 1.11. The summed E-state index contributed by atoms with van der Waals surface area (Å²) in [5.74, 6) is 0.146. The van der Waals surface area contributed by atoms with E-state index in [1.807, 2.05) is 30.3 Å². The fourth-order valence-corrected chi connectivity index (χ4v) is 1.44. The van der Waals surface area contributed by atoms with Gasteiger partial charge in [-0.2, -0.15) is 0 Å². The lowest BCUT2D eigenvalue weighted by atomic mass is 10.2. The highest BCUT2D eigenvalue weighted by Gasteiger charge is 2.13. The van der Waals surface area contributed by atoms with Gasteiger partial charge in [-0.25, -0.2) is 4.68 Å². The van der Waals surface area contributed by atoms with Crippen molar-refractivity contribution < 1.29 is 4.79 Å². The average Bonchev–Trinajstić information content (AvgIpc) is 2.62. The Morgan fingerprint density at radius 3 is 2.62 bits per heavy atom. The van der Waals surface area contributed by atoms with Gasteiger partial charge in [0.25, 0.3) is 0 Å². The molecule has 0 spiro atoms. The number of carbonyl (C=O) groups is 1. The molecule has 82 valence electrons. The monoisotopic (exact) mass is 216 g/mol.